The van der Waals surface area contributed by atoms with E-state index in [0.717, 1.165) is 19.5 Å². The summed E-state index contributed by atoms with van der Waals surface area (Å²) in [6.45, 7) is 8.21. The highest BCUT2D eigenvalue weighted by Gasteiger charge is 2.20. The Labute approximate surface area is 93.0 Å². The van der Waals surface area contributed by atoms with Crippen LogP contribution in [-0.2, 0) is 4.79 Å². The van der Waals surface area contributed by atoms with E-state index in [2.05, 4.69) is 24.5 Å². The molecule has 0 aliphatic carbocycles. The summed E-state index contributed by atoms with van der Waals surface area (Å²) in [4.78, 5) is 11.8. The van der Waals surface area contributed by atoms with Crippen molar-refractivity contribution in [3.05, 3.63) is 0 Å². The lowest BCUT2D eigenvalue weighted by Gasteiger charge is -2.21. The number of nitrogens with one attached hydrogen (secondary N) is 2. The smallest absolute Gasteiger partial charge is 0.223 e. The Morgan fingerprint density at radius 1 is 1.33 bits per heavy atom. The topological polar surface area (TPSA) is 41.1 Å². The van der Waals surface area contributed by atoms with Crippen molar-refractivity contribution in [3.8, 4) is 0 Å². The van der Waals surface area contributed by atoms with Gasteiger partial charge in [-0.05, 0) is 25.3 Å². The molecule has 1 fully saturated rings. The summed E-state index contributed by atoms with van der Waals surface area (Å²) in [5, 5.41) is 6.49. The first-order valence-electron chi connectivity index (χ1n) is 6.12. The molecule has 2 N–H and O–H groups in total. The molecule has 0 bridgehead atoms. The maximum Gasteiger partial charge on any atom is 0.223 e. The van der Waals surface area contributed by atoms with Crippen molar-refractivity contribution in [3.63, 3.8) is 0 Å². The van der Waals surface area contributed by atoms with Gasteiger partial charge in [0.15, 0.2) is 0 Å². The first kappa shape index (κ1) is 12.5. The second kappa shape index (κ2) is 6.11. The molecule has 0 saturated carbocycles. The Kier molecular flexibility index (Phi) is 5.09. The van der Waals surface area contributed by atoms with E-state index in [9.17, 15) is 4.79 Å². The van der Waals surface area contributed by atoms with Gasteiger partial charge in [0, 0.05) is 18.5 Å². The standard InChI is InChI=1S/C12H24N2O/c1-9(2)10(3)12(15)14-11-6-4-5-7-13-8-11/h9-11,13H,4-8H2,1-3H3,(H,14,15). The Bertz CT molecular complexity index is 196. The number of hydrogen-bond acceptors (Lipinski definition) is 2. The third kappa shape index (κ3) is 4.20. The molecule has 0 aromatic heterocycles. The summed E-state index contributed by atoms with van der Waals surface area (Å²) in [5.74, 6) is 0.746. The van der Waals surface area contributed by atoms with Crippen LogP contribution in [0.2, 0.25) is 0 Å². The largest absolute Gasteiger partial charge is 0.352 e. The van der Waals surface area contributed by atoms with E-state index in [-0.39, 0.29) is 11.8 Å². The van der Waals surface area contributed by atoms with Gasteiger partial charge in [0.25, 0.3) is 0 Å². The fourth-order valence-electron chi connectivity index (χ4n) is 1.78. The average Bonchev–Trinajstić information content (AvgIpc) is 2.45. The van der Waals surface area contributed by atoms with Crippen molar-refractivity contribution < 1.29 is 4.79 Å². The molecule has 88 valence electrons. The van der Waals surface area contributed by atoms with Crippen molar-refractivity contribution >= 4 is 5.91 Å². The number of rotatable bonds is 3. The molecule has 1 rings (SSSR count). The third-order valence-corrected chi connectivity index (χ3v) is 3.31. The quantitative estimate of drug-likeness (QED) is 0.745. The number of carbonyl (C=O) groups excluding carboxylic acids is 1. The van der Waals surface area contributed by atoms with Gasteiger partial charge in [0.05, 0.1) is 0 Å². The van der Waals surface area contributed by atoms with E-state index in [0.29, 0.717) is 12.0 Å². The molecule has 2 atom stereocenters. The Morgan fingerprint density at radius 3 is 2.73 bits per heavy atom. The van der Waals surface area contributed by atoms with Gasteiger partial charge in [-0.1, -0.05) is 27.2 Å². The van der Waals surface area contributed by atoms with E-state index in [1.165, 1.54) is 12.8 Å². The molecule has 15 heavy (non-hydrogen) atoms. The van der Waals surface area contributed by atoms with Crippen molar-refractivity contribution in [2.45, 2.75) is 46.1 Å². The predicted molar refractivity (Wildman–Crippen MR) is 62.7 cm³/mol. The van der Waals surface area contributed by atoms with E-state index in [1.807, 2.05) is 6.92 Å². The number of amides is 1. The maximum atomic E-state index is 11.8. The van der Waals surface area contributed by atoms with Crippen molar-refractivity contribution in [1.82, 2.24) is 10.6 Å². The highest BCUT2D eigenvalue weighted by Crippen LogP contribution is 2.11. The van der Waals surface area contributed by atoms with E-state index < -0.39 is 0 Å². The number of hydrogen-bond donors (Lipinski definition) is 2. The zero-order chi connectivity index (χ0) is 11.3. The van der Waals surface area contributed by atoms with Crippen molar-refractivity contribution in [2.75, 3.05) is 13.1 Å². The van der Waals surface area contributed by atoms with Crippen LogP contribution in [0.3, 0.4) is 0 Å². The van der Waals surface area contributed by atoms with Gasteiger partial charge in [-0.2, -0.15) is 0 Å². The van der Waals surface area contributed by atoms with Gasteiger partial charge in [-0.3, -0.25) is 4.79 Å². The molecule has 3 nitrogen and oxygen atoms in total. The molecule has 3 heteroatoms. The van der Waals surface area contributed by atoms with Crippen LogP contribution in [0, 0.1) is 11.8 Å². The molecule has 1 aliphatic heterocycles. The van der Waals surface area contributed by atoms with Crippen LogP contribution in [-0.4, -0.2) is 25.0 Å². The van der Waals surface area contributed by atoms with Crippen molar-refractivity contribution in [2.24, 2.45) is 11.8 Å². The molecule has 0 radical (unpaired) electrons. The molecule has 1 heterocycles. The lowest BCUT2D eigenvalue weighted by molar-refractivity contribution is -0.126. The van der Waals surface area contributed by atoms with Gasteiger partial charge in [0.2, 0.25) is 5.91 Å². The van der Waals surface area contributed by atoms with Crippen LogP contribution in [0.15, 0.2) is 0 Å². The Balaban J connectivity index is 2.35. The molecule has 2 unspecified atom stereocenters. The molecule has 0 aromatic carbocycles. The second-order valence-corrected chi connectivity index (χ2v) is 4.94. The fraction of sp³-hybridized carbons (Fsp3) is 0.917. The Morgan fingerprint density at radius 2 is 2.07 bits per heavy atom. The molecule has 1 amide bonds. The summed E-state index contributed by atoms with van der Waals surface area (Å²) in [6, 6.07) is 0.334. The number of carbonyl (C=O) groups is 1. The molecular weight excluding hydrogens is 188 g/mol. The summed E-state index contributed by atoms with van der Waals surface area (Å²) in [5.41, 5.74) is 0. The molecule has 0 spiro atoms. The van der Waals surface area contributed by atoms with E-state index >= 15 is 0 Å². The zero-order valence-corrected chi connectivity index (χ0v) is 10.2. The molecular formula is C12H24N2O. The summed E-state index contributed by atoms with van der Waals surface area (Å²) < 4.78 is 0. The van der Waals surface area contributed by atoms with Gasteiger partial charge < -0.3 is 10.6 Å². The van der Waals surface area contributed by atoms with Crippen LogP contribution in [0.25, 0.3) is 0 Å². The SMILES string of the molecule is CC(C)C(C)C(=O)NC1CCCCNC1. The first-order chi connectivity index (χ1) is 7.11. The van der Waals surface area contributed by atoms with Gasteiger partial charge in [-0.25, -0.2) is 0 Å². The van der Waals surface area contributed by atoms with Crippen LogP contribution in [0.1, 0.15) is 40.0 Å². The molecule has 1 saturated heterocycles. The molecule has 0 aromatic rings. The minimum atomic E-state index is 0.119. The van der Waals surface area contributed by atoms with Gasteiger partial charge in [-0.15, -0.1) is 0 Å². The normalized spacial score (nSPS) is 24.7. The molecule has 1 aliphatic rings. The second-order valence-electron chi connectivity index (χ2n) is 4.94. The fourth-order valence-corrected chi connectivity index (χ4v) is 1.78. The predicted octanol–water partition coefficient (Wildman–Crippen LogP) is 1.54. The monoisotopic (exact) mass is 212 g/mol. The first-order valence-corrected chi connectivity index (χ1v) is 6.12. The van der Waals surface area contributed by atoms with Crippen LogP contribution in [0.4, 0.5) is 0 Å². The van der Waals surface area contributed by atoms with Crippen LogP contribution in [0.5, 0.6) is 0 Å². The highest BCUT2D eigenvalue weighted by atomic mass is 16.1. The third-order valence-electron chi connectivity index (χ3n) is 3.31. The summed E-state index contributed by atoms with van der Waals surface area (Å²) in [7, 11) is 0. The van der Waals surface area contributed by atoms with E-state index in [4.69, 9.17) is 0 Å². The highest BCUT2D eigenvalue weighted by molar-refractivity contribution is 5.78. The van der Waals surface area contributed by atoms with E-state index in [1.54, 1.807) is 0 Å². The minimum Gasteiger partial charge on any atom is -0.352 e. The zero-order valence-electron chi connectivity index (χ0n) is 10.2. The van der Waals surface area contributed by atoms with Crippen LogP contribution < -0.4 is 10.6 Å². The van der Waals surface area contributed by atoms with Gasteiger partial charge >= 0.3 is 0 Å². The maximum absolute atomic E-state index is 11.8. The lowest BCUT2D eigenvalue weighted by atomic mass is 9.96. The van der Waals surface area contributed by atoms with Gasteiger partial charge in [0.1, 0.15) is 0 Å². The summed E-state index contributed by atoms with van der Waals surface area (Å²) >= 11 is 0. The minimum absolute atomic E-state index is 0.119. The van der Waals surface area contributed by atoms with Crippen LogP contribution >= 0.6 is 0 Å². The van der Waals surface area contributed by atoms with Crippen molar-refractivity contribution in [1.29, 1.82) is 0 Å². The Hall–Kier alpha value is -0.570. The average molecular weight is 212 g/mol. The summed E-state index contributed by atoms with van der Waals surface area (Å²) in [6.07, 6.45) is 3.56. The lowest BCUT2D eigenvalue weighted by Crippen LogP contribution is -2.43.